The molecule has 0 atom stereocenters. The molecule has 3 heteroatoms. The van der Waals surface area contributed by atoms with Gasteiger partial charge in [-0.1, -0.05) is 48.5 Å². The van der Waals surface area contributed by atoms with E-state index in [1.165, 1.54) is 0 Å². The molecule has 0 aliphatic rings. The first-order valence-corrected chi connectivity index (χ1v) is 7.46. The fourth-order valence-corrected chi connectivity index (χ4v) is 2.71. The van der Waals surface area contributed by atoms with Gasteiger partial charge in [-0.25, -0.2) is 4.98 Å². The van der Waals surface area contributed by atoms with E-state index in [4.69, 9.17) is 0 Å². The van der Waals surface area contributed by atoms with Gasteiger partial charge in [-0.05, 0) is 30.3 Å². The summed E-state index contributed by atoms with van der Waals surface area (Å²) in [6.45, 7) is 0. The zero-order chi connectivity index (χ0) is 15.6. The molecule has 1 heterocycles. The van der Waals surface area contributed by atoms with Gasteiger partial charge in [0.1, 0.15) is 0 Å². The normalized spacial score (nSPS) is 10.8. The average Bonchev–Trinajstić information content (AvgIpc) is 2.60. The number of rotatable bonds is 2. The minimum absolute atomic E-state index is 0.149. The molecule has 0 fully saturated rings. The summed E-state index contributed by atoms with van der Waals surface area (Å²) in [5.41, 5.74) is 2.96. The molecule has 0 bridgehead atoms. The number of anilines is 1. The highest BCUT2D eigenvalue weighted by Gasteiger charge is 2.12. The summed E-state index contributed by atoms with van der Waals surface area (Å²) in [7, 11) is 0. The molecule has 0 saturated heterocycles. The second-order valence-corrected chi connectivity index (χ2v) is 5.38. The number of nitrogens with zero attached hydrogens (tertiary/aromatic N) is 1. The standard InChI is InChI=1S/C20H14N2O/c23-20(21-16-9-2-1-3-10-16)17-11-6-8-15-13-14-7-4-5-12-18(14)22-19(15)17/h1-13H,(H,21,23). The topological polar surface area (TPSA) is 42.0 Å². The number of aromatic nitrogens is 1. The zero-order valence-corrected chi connectivity index (χ0v) is 12.4. The van der Waals surface area contributed by atoms with Crippen molar-refractivity contribution in [3.05, 3.63) is 84.4 Å². The van der Waals surface area contributed by atoms with E-state index >= 15 is 0 Å². The molecule has 0 spiro atoms. The van der Waals surface area contributed by atoms with E-state index in [1.54, 1.807) is 0 Å². The average molecular weight is 298 g/mol. The van der Waals surface area contributed by atoms with E-state index in [0.29, 0.717) is 5.56 Å². The van der Waals surface area contributed by atoms with E-state index in [0.717, 1.165) is 27.5 Å². The minimum Gasteiger partial charge on any atom is -0.322 e. The van der Waals surface area contributed by atoms with Crippen LogP contribution in [0.4, 0.5) is 5.69 Å². The van der Waals surface area contributed by atoms with Crippen LogP contribution in [0.3, 0.4) is 0 Å². The van der Waals surface area contributed by atoms with Crippen molar-refractivity contribution in [1.82, 2.24) is 4.98 Å². The van der Waals surface area contributed by atoms with E-state index in [2.05, 4.69) is 16.4 Å². The maximum absolute atomic E-state index is 12.6. The predicted octanol–water partition coefficient (Wildman–Crippen LogP) is 4.64. The Morgan fingerprint density at radius 3 is 2.39 bits per heavy atom. The molecule has 0 radical (unpaired) electrons. The van der Waals surface area contributed by atoms with Gasteiger partial charge < -0.3 is 5.32 Å². The molecule has 0 aliphatic carbocycles. The first kappa shape index (κ1) is 13.5. The van der Waals surface area contributed by atoms with Crippen LogP contribution in [0.15, 0.2) is 78.9 Å². The smallest absolute Gasteiger partial charge is 0.257 e. The van der Waals surface area contributed by atoms with Crippen LogP contribution in [0.25, 0.3) is 21.8 Å². The molecule has 3 nitrogen and oxygen atoms in total. The lowest BCUT2D eigenvalue weighted by molar-refractivity contribution is 0.102. The molecule has 0 unspecified atom stereocenters. The van der Waals surface area contributed by atoms with Gasteiger partial charge in [0.05, 0.1) is 16.6 Å². The van der Waals surface area contributed by atoms with Crippen LogP contribution < -0.4 is 5.32 Å². The second-order valence-electron chi connectivity index (χ2n) is 5.38. The first-order chi connectivity index (χ1) is 11.3. The number of benzene rings is 3. The van der Waals surface area contributed by atoms with Gasteiger partial charge in [-0.3, -0.25) is 4.79 Å². The molecule has 0 aliphatic heterocycles. The van der Waals surface area contributed by atoms with Crippen molar-refractivity contribution in [2.45, 2.75) is 0 Å². The van der Waals surface area contributed by atoms with Crippen LogP contribution in [0.2, 0.25) is 0 Å². The van der Waals surface area contributed by atoms with Crippen LogP contribution in [0.5, 0.6) is 0 Å². The number of carbonyl (C=O) groups excluding carboxylic acids is 1. The summed E-state index contributed by atoms with van der Waals surface area (Å²) in [6.07, 6.45) is 0. The van der Waals surface area contributed by atoms with Crippen LogP contribution >= 0.6 is 0 Å². The Morgan fingerprint density at radius 1 is 0.783 bits per heavy atom. The molecule has 23 heavy (non-hydrogen) atoms. The quantitative estimate of drug-likeness (QED) is 0.548. The second kappa shape index (κ2) is 5.54. The molecule has 1 N–H and O–H groups in total. The Bertz CT molecular complexity index is 1010. The van der Waals surface area contributed by atoms with Crippen molar-refractivity contribution < 1.29 is 4.79 Å². The number of fused-ring (bicyclic) bond motifs is 2. The van der Waals surface area contributed by atoms with E-state index < -0.39 is 0 Å². The Kier molecular flexibility index (Phi) is 3.24. The number of carbonyl (C=O) groups is 1. The van der Waals surface area contributed by atoms with Gasteiger partial charge in [0.2, 0.25) is 0 Å². The molecule has 0 saturated carbocycles. The van der Waals surface area contributed by atoms with Gasteiger partial charge >= 0.3 is 0 Å². The van der Waals surface area contributed by atoms with Gasteiger partial charge in [0.25, 0.3) is 5.91 Å². The van der Waals surface area contributed by atoms with E-state index in [9.17, 15) is 4.79 Å². The minimum atomic E-state index is -0.149. The predicted molar refractivity (Wildman–Crippen MR) is 93.6 cm³/mol. The maximum atomic E-state index is 12.6. The Balaban J connectivity index is 1.83. The molecule has 4 aromatic rings. The number of pyridine rings is 1. The maximum Gasteiger partial charge on any atom is 0.257 e. The van der Waals surface area contributed by atoms with Gasteiger partial charge in [-0.15, -0.1) is 0 Å². The summed E-state index contributed by atoms with van der Waals surface area (Å²) in [5.74, 6) is -0.149. The van der Waals surface area contributed by atoms with Crippen LogP contribution in [0.1, 0.15) is 10.4 Å². The molecule has 1 aromatic heterocycles. The van der Waals surface area contributed by atoms with Crippen LogP contribution in [-0.2, 0) is 0 Å². The number of nitrogens with one attached hydrogen (secondary N) is 1. The Hall–Kier alpha value is -3.20. The van der Waals surface area contributed by atoms with Crippen molar-refractivity contribution in [3.8, 4) is 0 Å². The first-order valence-electron chi connectivity index (χ1n) is 7.46. The van der Waals surface area contributed by atoms with Gasteiger partial charge in [0.15, 0.2) is 0 Å². The fourth-order valence-electron chi connectivity index (χ4n) is 2.71. The molecule has 110 valence electrons. The zero-order valence-electron chi connectivity index (χ0n) is 12.4. The van der Waals surface area contributed by atoms with Crippen molar-refractivity contribution in [3.63, 3.8) is 0 Å². The molecule has 1 amide bonds. The lowest BCUT2D eigenvalue weighted by atomic mass is 10.1. The highest BCUT2D eigenvalue weighted by atomic mass is 16.1. The number of para-hydroxylation sites is 3. The van der Waals surface area contributed by atoms with E-state index in [1.807, 2.05) is 72.8 Å². The van der Waals surface area contributed by atoms with E-state index in [-0.39, 0.29) is 5.91 Å². The lowest BCUT2D eigenvalue weighted by Gasteiger charge is -2.08. The summed E-state index contributed by atoms with van der Waals surface area (Å²) in [6, 6.07) is 25.1. The third-order valence-corrected chi connectivity index (χ3v) is 3.82. The summed E-state index contributed by atoms with van der Waals surface area (Å²) in [4.78, 5) is 17.3. The van der Waals surface area contributed by atoms with Gasteiger partial charge in [0, 0.05) is 16.5 Å². The van der Waals surface area contributed by atoms with Gasteiger partial charge in [-0.2, -0.15) is 0 Å². The summed E-state index contributed by atoms with van der Waals surface area (Å²) < 4.78 is 0. The lowest BCUT2D eigenvalue weighted by Crippen LogP contribution is -2.12. The van der Waals surface area contributed by atoms with Crippen molar-refractivity contribution in [2.75, 3.05) is 5.32 Å². The Morgan fingerprint density at radius 2 is 1.52 bits per heavy atom. The summed E-state index contributed by atoms with van der Waals surface area (Å²) in [5, 5.41) is 4.95. The number of hydrogen-bond acceptors (Lipinski definition) is 2. The molecular weight excluding hydrogens is 284 g/mol. The molecule has 3 aromatic carbocycles. The third kappa shape index (κ3) is 2.53. The van der Waals surface area contributed by atoms with Crippen molar-refractivity contribution >= 4 is 33.4 Å². The Labute approximate surface area is 133 Å². The largest absolute Gasteiger partial charge is 0.322 e. The highest BCUT2D eigenvalue weighted by Crippen LogP contribution is 2.23. The highest BCUT2D eigenvalue weighted by molar-refractivity contribution is 6.13. The third-order valence-electron chi connectivity index (χ3n) is 3.82. The van der Waals surface area contributed by atoms with Crippen LogP contribution in [0, 0.1) is 0 Å². The van der Waals surface area contributed by atoms with Crippen molar-refractivity contribution in [1.29, 1.82) is 0 Å². The summed E-state index contributed by atoms with van der Waals surface area (Å²) >= 11 is 0. The number of amides is 1. The molecule has 4 rings (SSSR count). The van der Waals surface area contributed by atoms with Crippen molar-refractivity contribution in [2.24, 2.45) is 0 Å². The van der Waals surface area contributed by atoms with Crippen LogP contribution in [-0.4, -0.2) is 10.9 Å². The fraction of sp³-hybridized carbons (Fsp3) is 0. The SMILES string of the molecule is O=C(Nc1ccccc1)c1cccc2cc3ccccc3nc12. The number of hydrogen-bond donors (Lipinski definition) is 1. The monoisotopic (exact) mass is 298 g/mol. The molecular formula is C20H14N2O.